The summed E-state index contributed by atoms with van der Waals surface area (Å²) in [4.78, 5) is 0. The minimum atomic E-state index is 0.773. The van der Waals surface area contributed by atoms with Crippen molar-refractivity contribution >= 4 is 93.0 Å². The molecule has 13 rings (SSSR count). The molecule has 11 aromatic carbocycles. The van der Waals surface area contributed by atoms with Gasteiger partial charge in [0.05, 0.1) is 11.0 Å². The molecule has 1 aromatic heterocycles. The number of nitrogens with zero attached hydrogens (tertiary/aromatic N) is 1. The molecular formula is C61H39N. The monoisotopic (exact) mass is 785 g/mol. The number of allylic oxidation sites excluding steroid dienone is 2. The Bertz CT molecular complexity index is 3940. The van der Waals surface area contributed by atoms with Gasteiger partial charge in [0.2, 0.25) is 0 Å². The Hall–Kier alpha value is -8.00. The van der Waals surface area contributed by atoms with E-state index in [-0.39, 0.29) is 0 Å². The fourth-order valence-corrected chi connectivity index (χ4v) is 10.6. The highest BCUT2D eigenvalue weighted by atomic mass is 15.0. The van der Waals surface area contributed by atoms with Gasteiger partial charge in [0.1, 0.15) is 0 Å². The Morgan fingerprint density at radius 3 is 1.68 bits per heavy atom. The number of benzene rings is 11. The lowest BCUT2D eigenvalue weighted by Gasteiger charge is -2.18. The molecule has 0 radical (unpaired) electrons. The third kappa shape index (κ3) is 5.28. The van der Waals surface area contributed by atoms with Gasteiger partial charge in [0.25, 0.3) is 0 Å². The molecule has 0 atom stereocenters. The molecule has 12 aromatic rings. The van der Waals surface area contributed by atoms with E-state index in [1.54, 1.807) is 0 Å². The first-order valence-corrected chi connectivity index (χ1v) is 21.6. The molecule has 0 N–H and O–H groups in total. The van der Waals surface area contributed by atoms with E-state index in [2.05, 4.69) is 229 Å². The quantitative estimate of drug-likeness (QED) is 0.157. The maximum Gasteiger partial charge on any atom is 0.0623 e. The molecule has 1 aliphatic rings. The van der Waals surface area contributed by atoms with Gasteiger partial charge in [-0.05, 0) is 116 Å². The molecule has 0 fully saturated rings. The predicted octanol–water partition coefficient (Wildman–Crippen LogP) is 14.8. The standard InChI is InChI=1S/C61H39N/c1-2-14-39(15-3-1)40-26-28-43(29-27-40)55-38-46(33-30-41-16-4-7-19-47(41)55)62-58-35-32-42-17-5-8-20-48(42)60(58)57-36-44-18-6-9-21-49(44)59(61(57)62)45-31-34-54-52-24-11-10-22-50(52)51-23-12-13-25-53(51)56(54)37-45/h1-32,34-38H,33H2. The Morgan fingerprint density at radius 2 is 0.919 bits per heavy atom. The van der Waals surface area contributed by atoms with Crippen molar-refractivity contribution in [1.82, 2.24) is 4.57 Å². The smallest absolute Gasteiger partial charge is 0.0623 e. The van der Waals surface area contributed by atoms with Crippen LogP contribution in [0.15, 0.2) is 218 Å². The lowest BCUT2D eigenvalue weighted by atomic mass is 9.89. The average molecular weight is 786 g/mol. The van der Waals surface area contributed by atoms with E-state index >= 15 is 0 Å². The zero-order valence-corrected chi connectivity index (χ0v) is 34.0. The van der Waals surface area contributed by atoms with E-state index in [4.69, 9.17) is 0 Å². The van der Waals surface area contributed by atoms with Crippen LogP contribution in [0.4, 0.5) is 0 Å². The van der Waals surface area contributed by atoms with Gasteiger partial charge in [0, 0.05) is 28.5 Å². The number of hydrogen-bond donors (Lipinski definition) is 0. The van der Waals surface area contributed by atoms with Crippen molar-refractivity contribution < 1.29 is 0 Å². The second-order valence-electron chi connectivity index (χ2n) is 16.7. The molecule has 0 aliphatic heterocycles. The number of rotatable bonds is 4. The minimum absolute atomic E-state index is 0.773. The topological polar surface area (TPSA) is 4.93 Å². The lowest BCUT2D eigenvalue weighted by Crippen LogP contribution is -2.25. The van der Waals surface area contributed by atoms with Crippen molar-refractivity contribution in [3.63, 3.8) is 0 Å². The highest BCUT2D eigenvalue weighted by molar-refractivity contribution is 6.29. The van der Waals surface area contributed by atoms with Crippen LogP contribution in [0.3, 0.4) is 0 Å². The van der Waals surface area contributed by atoms with Gasteiger partial charge in [-0.3, -0.25) is 0 Å². The van der Waals surface area contributed by atoms with E-state index in [0.29, 0.717) is 0 Å². The average Bonchev–Trinajstić information content (AvgIpc) is 3.55. The van der Waals surface area contributed by atoms with Crippen molar-refractivity contribution in [2.75, 3.05) is 0 Å². The zero-order valence-electron chi connectivity index (χ0n) is 34.0. The van der Waals surface area contributed by atoms with Crippen molar-refractivity contribution in [3.05, 3.63) is 234 Å². The molecule has 0 saturated carbocycles. The van der Waals surface area contributed by atoms with Crippen molar-refractivity contribution in [2.24, 2.45) is 0 Å². The van der Waals surface area contributed by atoms with Crippen LogP contribution in [-0.2, 0) is 0 Å². The number of hydrogen-bond acceptors (Lipinski definition) is 0. The van der Waals surface area contributed by atoms with Gasteiger partial charge in [-0.15, -0.1) is 0 Å². The summed E-state index contributed by atoms with van der Waals surface area (Å²) in [6.45, 7) is 0. The Morgan fingerprint density at radius 1 is 0.355 bits per heavy atom. The van der Waals surface area contributed by atoms with Crippen LogP contribution >= 0.6 is 0 Å². The normalized spacial score (nSPS) is 13.0. The molecule has 0 spiro atoms. The van der Waals surface area contributed by atoms with Gasteiger partial charge in [-0.1, -0.05) is 200 Å². The van der Waals surface area contributed by atoms with Gasteiger partial charge in [0.15, 0.2) is 0 Å². The van der Waals surface area contributed by atoms with Crippen LogP contribution in [-0.4, -0.2) is 4.57 Å². The molecule has 1 aliphatic carbocycles. The first kappa shape index (κ1) is 34.8. The number of fused-ring (bicyclic) bond motifs is 13. The van der Waals surface area contributed by atoms with Gasteiger partial charge in [-0.2, -0.15) is 0 Å². The maximum absolute atomic E-state index is 2.61. The summed E-state index contributed by atoms with van der Waals surface area (Å²) in [6, 6.07) is 78.7. The second-order valence-corrected chi connectivity index (χ2v) is 16.7. The SMILES string of the molecule is C1=C(n2c3ccc4ccccc4c3c3cc4ccccc4c(-c4ccc5c6ccccc6c6ccccc6c5c4)c32)CC=c2ccccc2=C1c1ccc(-c2ccccc2)cc1. The molecule has 1 heteroatoms. The van der Waals surface area contributed by atoms with Crippen LogP contribution < -0.4 is 10.4 Å². The Labute approximate surface area is 359 Å². The summed E-state index contributed by atoms with van der Waals surface area (Å²) in [6.07, 6.45) is 5.68. The molecular weight excluding hydrogens is 747 g/mol. The van der Waals surface area contributed by atoms with Crippen molar-refractivity contribution in [1.29, 1.82) is 0 Å². The summed E-state index contributed by atoms with van der Waals surface area (Å²) >= 11 is 0. The fraction of sp³-hybridized carbons (Fsp3) is 0.0164. The third-order valence-corrected chi connectivity index (χ3v) is 13.4. The highest BCUT2D eigenvalue weighted by Crippen LogP contribution is 2.47. The summed E-state index contributed by atoms with van der Waals surface area (Å²) in [5.74, 6) is 0. The summed E-state index contributed by atoms with van der Waals surface area (Å²) in [7, 11) is 0. The Balaban J connectivity index is 1.15. The summed E-state index contributed by atoms with van der Waals surface area (Å²) < 4.78 is 2.61. The van der Waals surface area contributed by atoms with Crippen LogP contribution in [0, 0.1) is 0 Å². The van der Waals surface area contributed by atoms with Crippen LogP contribution in [0.2, 0.25) is 0 Å². The van der Waals surface area contributed by atoms with E-state index in [1.807, 2.05) is 0 Å². The van der Waals surface area contributed by atoms with Crippen molar-refractivity contribution in [3.8, 4) is 22.3 Å². The van der Waals surface area contributed by atoms with E-state index < -0.39 is 0 Å². The van der Waals surface area contributed by atoms with Crippen LogP contribution in [0.25, 0.3) is 115 Å². The van der Waals surface area contributed by atoms with Gasteiger partial charge < -0.3 is 4.57 Å². The molecule has 0 unspecified atom stereocenters. The lowest BCUT2D eigenvalue weighted by molar-refractivity contribution is 1.16. The fourth-order valence-electron chi connectivity index (χ4n) is 10.6. The zero-order chi connectivity index (χ0) is 40.7. The molecule has 1 nitrogen and oxygen atoms in total. The van der Waals surface area contributed by atoms with E-state index in [1.165, 1.54) is 125 Å². The molecule has 0 amide bonds. The van der Waals surface area contributed by atoms with Crippen LogP contribution in [0.5, 0.6) is 0 Å². The van der Waals surface area contributed by atoms with Crippen molar-refractivity contribution in [2.45, 2.75) is 6.42 Å². The molecule has 288 valence electrons. The summed E-state index contributed by atoms with van der Waals surface area (Å²) in [5.41, 5.74) is 11.1. The largest absolute Gasteiger partial charge is 0.312 e. The minimum Gasteiger partial charge on any atom is -0.312 e. The molecule has 1 heterocycles. The maximum atomic E-state index is 2.61. The van der Waals surface area contributed by atoms with Gasteiger partial charge >= 0.3 is 0 Å². The molecule has 0 bridgehead atoms. The molecule has 62 heavy (non-hydrogen) atoms. The number of aromatic nitrogens is 1. The van der Waals surface area contributed by atoms with E-state index in [9.17, 15) is 0 Å². The van der Waals surface area contributed by atoms with Gasteiger partial charge in [-0.25, -0.2) is 0 Å². The summed E-state index contributed by atoms with van der Waals surface area (Å²) in [5, 5.41) is 17.8. The third-order valence-electron chi connectivity index (χ3n) is 13.4. The first-order valence-electron chi connectivity index (χ1n) is 21.6. The second kappa shape index (κ2) is 13.8. The Kier molecular flexibility index (Phi) is 7.74. The van der Waals surface area contributed by atoms with E-state index in [0.717, 1.165) is 6.42 Å². The predicted molar refractivity (Wildman–Crippen MR) is 266 cm³/mol. The molecule has 0 saturated heterocycles. The highest BCUT2D eigenvalue weighted by Gasteiger charge is 2.23. The van der Waals surface area contributed by atoms with Crippen LogP contribution in [0.1, 0.15) is 12.0 Å². The first-order chi connectivity index (χ1) is 30.8.